The van der Waals surface area contributed by atoms with Crippen molar-refractivity contribution in [3.63, 3.8) is 0 Å². The molecule has 1 aliphatic heterocycles. The first-order chi connectivity index (χ1) is 15.1. The number of nitriles is 1. The summed E-state index contributed by atoms with van der Waals surface area (Å²) in [4.78, 5) is 27.6. The molecule has 3 aromatic heterocycles. The van der Waals surface area contributed by atoms with Crippen molar-refractivity contribution < 1.29 is 14.3 Å². The maximum Gasteiger partial charge on any atom is 0.228 e. The number of carbonyl (C=O) groups excluding carboxylic acids is 2. The smallest absolute Gasteiger partial charge is 0.228 e. The van der Waals surface area contributed by atoms with Crippen LogP contribution in [0.1, 0.15) is 25.0 Å². The maximum atomic E-state index is 12.0. The van der Waals surface area contributed by atoms with Gasteiger partial charge in [-0.15, -0.1) is 0 Å². The Morgan fingerprint density at radius 3 is 2.97 bits per heavy atom. The van der Waals surface area contributed by atoms with Crippen LogP contribution in [0.3, 0.4) is 0 Å². The summed E-state index contributed by atoms with van der Waals surface area (Å²) in [6, 6.07) is 9.35. The van der Waals surface area contributed by atoms with E-state index < -0.39 is 0 Å². The van der Waals surface area contributed by atoms with E-state index in [-0.39, 0.29) is 29.3 Å². The summed E-state index contributed by atoms with van der Waals surface area (Å²) < 4.78 is 7.67. The SMILES string of the molecule is N#Cc1cc(-c2ccn3nc(NC(=O)C4CC4)cc3c2)c(OCC2CNC(=O)C2)cn1. The van der Waals surface area contributed by atoms with Crippen molar-refractivity contribution in [2.24, 2.45) is 11.8 Å². The molecule has 3 aromatic rings. The van der Waals surface area contributed by atoms with Crippen molar-refractivity contribution in [2.45, 2.75) is 19.3 Å². The normalized spacial score (nSPS) is 17.9. The molecule has 1 aliphatic carbocycles. The van der Waals surface area contributed by atoms with Gasteiger partial charge < -0.3 is 15.4 Å². The van der Waals surface area contributed by atoms with Crippen molar-refractivity contribution in [1.29, 1.82) is 5.26 Å². The lowest BCUT2D eigenvalue weighted by molar-refractivity contribution is -0.119. The Bertz CT molecular complexity index is 1220. The minimum absolute atomic E-state index is 0.00648. The van der Waals surface area contributed by atoms with Crippen LogP contribution in [-0.4, -0.2) is 39.6 Å². The molecule has 9 heteroatoms. The van der Waals surface area contributed by atoms with Gasteiger partial charge in [-0.05, 0) is 36.6 Å². The number of ether oxygens (including phenoxy) is 1. The van der Waals surface area contributed by atoms with Crippen LogP contribution in [0.4, 0.5) is 5.82 Å². The maximum absolute atomic E-state index is 12.0. The predicted molar refractivity (Wildman–Crippen MR) is 111 cm³/mol. The number of hydrogen-bond acceptors (Lipinski definition) is 6. The third-order valence-electron chi connectivity index (χ3n) is 5.49. The average Bonchev–Trinajstić information content (AvgIpc) is 3.43. The van der Waals surface area contributed by atoms with Crippen molar-refractivity contribution in [2.75, 3.05) is 18.5 Å². The van der Waals surface area contributed by atoms with Gasteiger partial charge in [0.1, 0.15) is 17.5 Å². The van der Waals surface area contributed by atoms with E-state index in [0.717, 1.165) is 29.5 Å². The molecule has 1 unspecified atom stereocenters. The first-order valence-corrected chi connectivity index (χ1v) is 10.2. The average molecular weight is 416 g/mol. The number of anilines is 1. The topological polar surface area (TPSA) is 121 Å². The van der Waals surface area contributed by atoms with E-state index in [2.05, 4.69) is 26.8 Å². The quantitative estimate of drug-likeness (QED) is 0.635. The number of fused-ring (bicyclic) bond motifs is 1. The molecule has 4 heterocycles. The van der Waals surface area contributed by atoms with Crippen LogP contribution in [0, 0.1) is 23.2 Å². The zero-order valence-electron chi connectivity index (χ0n) is 16.7. The fraction of sp³-hybridized carbons (Fsp3) is 0.318. The Labute approximate surface area is 178 Å². The Morgan fingerprint density at radius 1 is 1.35 bits per heavy atom. The molecule has 1 saturated heterocycles. The van der Waals surface area contributed by atoms with Crippen molar-refractivity contribution in [3.05, 3.63) is 42.4 Å². The molecule has 9 nitrogen and oxygen atoms in total. The summed E-state index contributed by atoms with van der Waals surface area (Å²) in [5.74, 6) is 1.30. The van der Waals surface area contributed by atoms with Crippen LogP contribution in [0.15, 0.2) is 36.7 Å². The van der Waals surface area contributed by atoms with Crippen molar-refractivity contribution >= 4 is 23.1 Å². The standard InChI is InChI=1S/C22H20N6O3/c23-9-16-7-18(19(11-24-16)31-12-13-5-21(29)25-10-13)15-3-4-28-17(6-15)8-20(27-28)26-22(30)14-1-2-14/h3-4,6-8,11,13-14H,1-2,5,10,12H2,(H,25,29)(H,26,27,30). The van der Waals surface area contributed by atoms with Gasteiger partial charge in [-0.2, -0.15) is 10.4 Å². The van der Waals surface area contributed by atoms with Crippen LogP contribution < -0.4 is 15.4 Å². The lowest BCUT2D eigenvalue weighted by atomic mass is 10.1. The van der Waals surface area contributed by atoms with E-state index in [0.29, 0.717) is 31.1 Å². The van der Waals surface area contributed by atoms with Gasteiger partial charge >= 0.3 is 0 Å². The third-order valence-corrected chi connectivity index (χ3v) is 5.49. The monoisotopic (exact) mass is 416 g/mol. The van der Waals surface area contributed by atoms with E-state index in [1.165, 1.54) is 0 Å². The van der Waals surface area contributed by atoms with Crippen LogP contribution in [0.2, 0.25) is 0 Å². The van der Waals surface area contributed by atoms with E-state index >= 15 is 0 Å². The first kappa shape index (κ1) is 19.1. The molecular formula is C22H20N6O3. The van der Waals surface area contributed by atoms with Gasteiger partial charge in [-0.1, -0.05) is 0 Å². The number of carbonyl (C=O) groups is 2. The molecule has 0 radical (unpaired) electrons. The number of hydrogen-bond donors (Lipinski definition) is 2. The fourth-order valence-corrected chi connectivity index (χ4v) is 3.63. The molecule has 2 amide bonds. The number of pyridine rings is 2. The van der Waals surface area contributed by atoms with Crippen LogP contribution in [-0.2, 0) is 9.59 Å². The van der Waals surface area contributed by atoms with Gasteiger partial charge in [-0.3, -0.25) is 9.59 Å². The van der Waals surface area contributed by atoms with Crippen molar-refractivity contribution in [1.82, 2.24) is 19.9 Å². The fourth-order valence-electron chi connectivity index (χ4n) is 3.63. The molecule has 0 bridgehead atoms. The number of nitrogens with zero attached hydrogens (tertiary/aromatic N) is 4. The molecule has 2 N–H and O–H groups in total. The van der Waals surface area contributed by atoms with Gasteiger partial charge in [0, 0.05) is 42.6 Å². The highest BCUT2D eigenvalue weighted by Crippen LogP contribution is 2.33. The highest BCUT2D eigenvalue weighted by atomic mass is 16.5. The predicted octanol–water partition coefficient (Wildman–Crippen LogP) is 2.13. The van der Waals surface area contributed by atoms with Gasteiger partial charge in [0.25, 0.3) is 0 Å². The lowest BCUT2D eigenvalue weighted by Crippen LogP contribution is -2.17. The Kier molecular flexibility index (Phi) is 4.75. The molecule has 156 valence electrons. The second kappa shape index (κ2) is 7.72. The summed E-state index contributed by atoms with van der Waals surface area (Å²) in [5.41, 5.74) is 2.65. The summed E-state index contributed by atoms with van der Waals surface area (Å²) in [6.07, 6.45) is 5.64. The zero-order chi connectivity index (χ0) is 21.4. The second-order valence-electron chi connectivity index (χ2n) is 7.94. The minimum Gasteiger partial charge on any atom is -0.491 e. The second-order valence-corrected chi connectivity index (χ2v) is 7.94. The number of amides is 2. The van der Waals surface area contributed by atoms with Crippen molar-refractivity contribution in [3.8, 4) is 22.9 Å². The number of nitrogens with one attached hydrogen (secondary N) is 2. The third kappa shape index (κ3) is 4.05. The van der Waals surface area contributed by atoms with Crippen LogP contribution in [0.25, 0.3) is 16.6 Å². The largest absolute Gasteiger partial charge is 0.491 e. The van der Waals surface area contributed by atoms with Gasteiger partial charge in [0.2, 0.25) is 11.8 Å². The number of aromatic nitrogens is 3. The summed E-state index contributed by atoms with van der Waals surface area (Å²) in [5, 5.41) is 19.3. The zero-order valence-corrected chi connectivity index (χ0v) is 16.7. The lowest BCUT2D eigenvalue weighted by Gasteiger charge is -2.14. The molecule has 31 heavy (non-hydrogen) atoms. The summed E-state index contributed by atoms with van der Waals surface area (Å²) in [7, 11) is 0. The van der Waals surface area contributed by atoms with Gasteiger partial charge in [0.15, 0.2) is 5.82 Å². The van der Waals surface area contributed by atoms with Crippen LogP contribution in [0.5, 0.6) is 5.75 Å². The molecule has 2 fully saturated rings. The first-order valence-electron chi connectivity index (χ1n) is 10.2. The summed E-state index contributed by atoms with van der Waals surface area (Å²) in [6.45, 7) is 0.973. The molecular weight excluding hydrogens is 396 g/mol. The molecule has 0 aromatic carbocycles. The Morgan fingerprint density at radius 2 is 2.23 bits per heavy atom. The summed E-state index contributed by atoms with van der Waals surface area (Å²) >= 11 is 0. The van der Waals surface area contributed by atoms with Gasteiger partial charge in [0.05, 0.1) is 18.3 Å². The highest BCUT2D eigenvalue weighted by molar-refractivity contribution is 5.93. The number of rotatable bonds is 6. The molecule has 1 atom stereocenters. The van der Waals surface area contributed by atoms with Crippen LogP contribution >= 0.6 is 0 Å². The highest BCUT2D eigenvalue weighted by Gasteiger charge is 2.30. The molecule has 5 rings (SSSR count). The molecule has 0 spiro atoms. The van der Waals surface area contributed by atoms with E-state index in [1.54, 1.807) is 23.0 Å². The van der Waals surface area contributed by atoms with Gasteiger partial charge in [-0.25, -0.2) is 9.50 Å². The minimum atomic E-state index is 0.00648. The molecule has 1 saturated carbocycles. The Balaban J connectivity index is 1.42. The Hall–Kier alpha value is -3.93. The van der Waals surface area contributed by atoms with E-state index in [9.17, 15) is 14.9 Å². The van der Waals surface area contributed by atoms with E-state index in [4.69, 9.17) is 4.74 Å². The van der Waals surface area contributed by atoms with E-state index in [1.807, 2.05) is 18.2 Å². The molecule has 2 aliphatic rings.